The number of nitrogen functional groups attached to an aromatic ring is 4. The summed E-state index contributed by atoms with van der Waals surface area (Å²) in [6.07, 6.45) is -32.3. The Kier molecular flexibility index (Phi) is 40.0. The van der Waals surface area contributed by atoms with Crippen molar-refractivity contribution in [3.8, 4) is 0 Å². The normalized spacial score (nSPS) is 29.0. The van der Waals surface area contributed by atoms with Gasteiger partial charge in [0.25, 0.3) is 16.7 Å². The summed E-state index contributed by atoms with van der Waals surface area (Å²) >= 11 is 14.1. The second-order valence-corrected chi connectivity index (χ2v) is 46.8. The van der Waals surface area contributed by atoms with Gasteiger partial charge in [-0.1, -0.05) is 12.2 Å². The average Bonchev–Trinajstić information content (AvgIpc) is 1.56. The fourth-order valence-corrected chi connectivity index (χ4v) is 23.4. The minimum atomic E-state index is -6.05. The average molecular weight is 2310 g/mol. The first-order valence-corrected chi connectivity index (χ1v) is 57.6. The van der Waals surface area contributed by atoms with Crippen molar-refractivity contribution in [3.05, 3.63) is 139 Å². The Balaban J connectivity index is 0.770. The quantitative estimate of drug-likeness (QED) is 0.0114. The van der Waals surface area contributed by atoms with Gasteiger partial charge in [0.1, 0.15) is 134 Å². The molecule has 0 spiro atoms. The van der Waals surface area contributed by atoms with Crippen molar-refractivity contribution in [2.75, 3.05) is 171 Å². The molecule has 6 aliphatic rings. The topological polar surface area (TPSA) is 839 Å². The molecule has 17 N–H and O–H groups in total. The number of aromatic nitrogens is 16. The summed E-state index contributed by atoms with van der Waals surface area (Å²) in [6, 6.07) is 0. The van der Waals surface area contributed by atoms with Gasteiger partial charge in [0.15, 0.2) is 59.9 Å². The van der Waals surface area contributed by atoms with Crippen LogP contribution in [-0.2, 0) is 160 Å². The predicted molar refractivity (Wildman–Crippen MR) is 520 cm³/mol. The minimum Gasteiger partial charge on any atom is -0.394 e. The number of nitrogens with zero attached hydrogens (tertiary/aromatic N) is 13. The Labute approximate surface area is 862 Å². The largest absolute Gasteiger partial charge is 0.476 e. The summed E-state index contributed by atoms with van der Waals surface area (Å²) in [5, 5.41) is 10.8. The van der Waals surface area contributed by atoms with Crippen LogP contribution in [0.25, 0.3) is 22.3 Å². The Hall–Kier alpha value is -7.44. The first-order valence-electron chi connectivity index (χ1n) is 45.1. The molecule has 74 heteroatoms. The molecule has 150 heavy (non-hydrogen) atoms. The van der Waals surface area contributed by atoms with Crippen LogP contribution in [0.3, 0.4) is 0 Å². The number of imidazole rings is 2. The molecular weight excluding hydrogens is 2190 g/mol. The van der Waals surface area contributed by atoms with E-state index in [4.69, 9.17) is 165 Å². The molecular formula is C76H113N20O45P6S3+. The molecule has 0 saturated carbocycles. The number of ether oxygens (including phenoxy) is 16. The molecule has 0 aromatic carbocycles. The highest BCUT2D eigenvalue weighted by Gasteiger charge is 2.61. The minimum absolute atomic E-state index is 0.0107. The molecule has 14 rings (SSSR count). The molecule has 0 aliphatic carbocycles. The van der Waals surface area contributed by atoms with Gasteiger partial charge in [-0.15, -0.1) is 0 Å². The van der Waals surface area contributed by atoms with E-state index in [0.29, 0.717) is 5.56 Å². The van der Waals surface area contributed by atoms with Crippen molar-refractivity contribution < 1.29 is 178 Å². The smallest absolute Gasteiger partial charge is 0.394 e. The fraction of sp³-hybridized carbons (Fsp3) is 0.658. The van der Waals surface area contributed by atoms with Crippen molar-refractivity contribution in [2.24, 2.45) is 0 Å². The number of anilines is 4. The number of phosphoric ester groups is 3. The number of nitrogens with one attached hydrogen (secondary N) is 3. The van der Waals surface area contributed by atoms with Crippen LogP contribution in [0.15, 0.2) is 77.3 Å². The third-order valence-corrected chi connectivity index (χ3v) is 31.6. The van der Waals surface area contributed by atoms with Gasteiger partial charge in [-0.3, -0.25) is 92.9 Å². The number of aliphatic hydroxyl groups is 1. The maximum Gasteiger partial charge on any atom is 0.476 e. The Morgan fingerprint density at radius 2 is 0.820 bits per heavy atom. The lowest BCUT2D eigenvalue weighted by Crippen LogP contribution is -2.42. The van der Waals surface area contributed by atoms with E-state index >= 15 is 13.7 Å². The van der Waals surface area contributed by atoms with Gasteiger partial charge in [-0.2, -0.15) is 28.9 Å². The first-order chi connectivity index (χ1) is 71.1. The monoisotopic (exact) mass is 2310 g/mol. The SMILES string of the molecule is COCCO[C@H]1C(OP(=O)(O)OC[C@H]2O[C@@H](n3cnc4c(N)ncnc43)[C@@H](OCCOC)C2O[P+](O)(S)OC[C@H]2O[C@@H](n3cc(C)c(=O)[nH]c3=O)CC2OP(=O)(S)OC)[C@@H](COP(=O)(O)OC2[C@@H](COP(=O)(O)OC3[C@@H](COP(O)(=S)OC4[C@@H](CO)O[C@@H](n5cc(C)c(N)nc5=O)[C@H]4OCCOC)O[C@@H](n4cc(C)c(=O)[nH]c4=O)[C@H]3OCCOC)O[C@@H](n3cnc4c(=O)[nH]c(N)nc43)[C@H]2OCCOC)O[C@H]1n1cc(C)c(N)nc1=O. The van der Waals surface area contributed by atoms with Crippen molar-refractivity contribution in [3.63, 3.8) is 0 Å². The lowest BCUT2D eigenvalue weighted by molar-refractivity contribution is -0.0844. The molecule has 29 atom stereocenters. The number of hydrogen-bond acceptors (Lipinski definition) is 54. The summed E-state index contributed by atoms with van der Waals surface area (Å²) in [5.74, 6) is -0.979. The third kappa shape index (κ3) is 28.4. The number of rotatable bonds is 55. The van der Waals surface area contributed by atoms with E-state index in [-0.39, 0.29) is 109 Å². The number of phosphoric acid groups is 3. The second-order valence-electron chi connectivity index (χ2n) is 33.8. The number of fused-ring (bicyclic) bond motifs is 2. The molecule has 12 unspecified atom stereocenters. The van der Waals surface area contributed by atoms with Crippen molar-refractivity contribution in [2.45, 2.75) is 175 Å². The standard InChI is InChI=1S/C76H112N20O45P6S3/c1-35-22-92(73(101)85-59(35)77)67-54(120-16-11-114-5)49(40(26-97)131-67)140-147(113,150)129-31-45-52(56(122-18-13-116-7)69(133-45)94-25-38(4)65(99)90-76(94)104)139-143(107,108)126-29-43-51(57(123-19-14-117-8)71(134-43)96-34-84-48-63(96)87-72(80)88-66(48)100)138-142(105,106)125-28-42-50(55(121-17-12-115-6)68(132-42)93-23-36(2)60(78)86-74(93)102)137-144(109,110)127-30-44-53(58(124-20-15-118-9)70(135-44)95-33-83-47-61(79)81-32-82-62(47)95)141-146(112,149)128-27-41-39(136-145(111,148)119-10)21-46(130-41)91-24-37(3)64(98)89-75(91)103/h22-25,32-34,39-46,49-58,67-71,97,112,149H,11-21,26-31H2,1-10H3,(H15-,77,78,79,80,81,82,85,86,87,88,89,90,98,99,100,101,102,103,104,105,106,107,108,109,110,111,113,148,150)/p+1/t39?,40-,41-,42-,43-,44-,45-,46-,49?,50?,51?,52?,53?,54+,55+,56+,57+,58+,67-,68-,69-,70-,71-,145?,146?,147?/m1/s1. The first kappa shape index (κ1) is 118. The van der Waals surface area contributed by atoms with Gasteiger partial charge in [-0.05, 0) is 39.5 Å². The number of aromatic amines is 3. The van der Waals surface area contributed by atoms with E-state index in [9.17, 15) is 67.7 Å². The summed E-state index contributed by atoms with van der Waals surface area (Å²) in [6.45, 7) is -12.6. The highest BCUT2D eigenvalue weighted by atomic mass is 32.7. The number of aliphatic hydroxyl groups excluding tert-OH is 1. The zero-order valence-electron chi connectivity index (χ0n) is 81.1. The van der Waals surface area contributed by atoms with Gasteiger partial charge in [0, 0.05) is 96.1 Å². The van der Waals surface area contributed by atoms with Crippen LogP contribution >= 0.6 is 68.6 Å². The number of H-pyrrole nitrogens is 3. The molecule has 0 bridgehead atoms. The van der Waals surface area contributed by atoms with Gasteiger partial charge in [0.05, 0.1) is 124 Å². The van der Waals surface area contributed by atoms with Gasteiger partial charge in [0.2, 0.25) is 5.95 Å². The molecule has 14 heterocycles. The van der Waals surface area contributed by atoms with Gasteiger partial charge >= 0.3 is 66.9 Å². The van der Waals surface area contributed by atoms with Crippen LogP contribution in [0.1, 0.15) is 66.0 Å². The molecule has 6 fully saturated rings. The van der Waals surface area contributed by atoms with E-state index in [0.717, 1.165) is 55.0 Å². The molecule has 6 aliphatic heterocycles. The van der Waals surface area contributed by atoms with E-state index in [1.165, 1.54) is 86.5 Å². The summed E-state index contributed by atoms with van der Waals surface area (Å²) in [7, 11) is -15.1. The number of hydrogen-bond donors (Lipinski definition) is 15. The van der Waals surface area contributed by atoms with Crippen LogP contribution in [0.4, 0.5) is 23.4 Å². The highest BCUT2D eigenvalue weighted by molar-refractivity contribution is 8.47. The summed E-state index contributed by atoms with van der Waals surface area (Å²) in [5.41, 5.74) is 17.6. The van der Waals surface area contributed by atoms with E-state index in [2.05, 4.69) is 74.3 Å². The zero-order chi connectivity index (χ0) is 109. The summed E-state index contributed by atoms with van der Waals surface area (Å²) in [4.78, 5) is 191. The third-order valence-electron chi connectivity index (χ3n) is 23.7. The van der Waals surface area contributed by atoms with Gasteiger partial charge in [-0.25, -0.2) is 57.4 Å². The van der Waals surface area contributed by atoms with E-state index in [1.54, 1.807) is 0 Å². The molecule has 65 nitrogen and oxygen atoms in total. The van der Waals surface area contributed by atoms with Crippen LogP contribution in [-0.4, -0.2) is 359 Å². The molecule has 0 radical (unpaired) electrons. The lowest BCUT2D eigenvalue weighted by atomic mass is 10.1. The lowest BCUT2D eigenvalue weighted by Gasteiger charge is -2.29. The van der Waals surface area contributed by atoms with Crippen LogP contribution in [0.5, 0.6) is 0 Å². The molecule has 8 aromatic rings. The predicted octanol–water partition coefficient (Wildman–Crippen LogP) is -1.74. The van der Waals surface area contributed by atoms with Crippen molar-refractivity contribution >= 4 is 126 Å². The number of thiol groups is 2. The Bertz CT molecular complexity index is 6740. The Morgan fingerprint density at radius 1 is 0.433 bits per heavy atom. The number of methoxy groups -OCH3 is 5. The van der Waals surface area contributed by atoms with Crippen LogP contribution in [0.2, 0.25) is 0 Å². The van der Waals surface area contributed by atoms with Crippen LogP contribution in [0, 0.1) is 27.7 Å². The van der Waals surface area contributed by atoms with E-state index < -0.39 is 290 Å². The van der Waals surface area contributed by atoms with Crippen molar-refractivity contribution in [1.29, 1.82) is 0 Å². The zero-order valence-corrected chi connectivity index (χ0v) is 89.0. The molecule has 8 aromatic heterocycles. The van der Waals surface area contributed by atoms with E-state index in [1.807, 2.05) is 0 Å². The molecule has 834 valence electrons. The Morgan fingerprint density at radius 3 is 1.27 bits per heavy atom. The second kappa shape index (κ2) is 50.8. The fourth-order valence-electron chi connectivity index (χ4n) is 16.6. The van der Waals surface area contributed by atoms with Crippen molar-refractivity contribution in [1.82, 2.24) is 77.2 Å². The maximum absolute atomic E-state index is 15.5. The number of nitrogens with two attached hydrogens (primary N) is 4. The highest BCUT2D eigenvalue weighted by Crippen LogP contribution is 2.66. The number of aryl methyl sites for hydroxylation is 4. The summed E-state index contributed by atoms with van der Waals surface area (Å²) < 4.78 is 232. The van der Waals surface area contributed by atoms with Gasteiger partial charge < -0.3 is 132 Å². The molecule has 0 amide bonds. The molecule has 6 saturated heterocycles. The van der Waals surface area contributed by atoms with Crippen LogP contribution < -0.4 is 62.4 Å². The maximum atomic E-state index is 15.5.